The quantitative estimate of drug-likeness (QED) is 0.807. The summed E-state index contributed by atoms with van der Waals surface area (Å²) in [5.41, 5.74) is 3.98. The van der Waals surface area contributed by atoms with E-state index in [0.29, 0.717) is 5.75 Å². The van der Waals surface area contributed by atoms with Crippen molar-refractivity contribution in [1.29, 1.82) is 0 Å². The number of benzene rings is 1. The number of phenols is 1. The van der Waals surface area contributed by atoms with Gasteiger partial charge >= 0.3 is 5.97 Å². The fraction of sp³-hybridized carbons (Fsp3) is 0.571. The molecule has 0 spiro atoms. The van der Waals surface area contributed by atoms with Crippen LogP contribution in [0.15, 0.2) is 18.7 Å². The molecule has 1 saturated carbocycles. The van der Waals surface area contributed by atoms with Gasteiger partial charge in [-0.3, -0.25) is 4.79 Å². The van der Waals surface area contributed by atoms with Gasteiger partial charge in [0.05, 0.1) is 12.5 Å². The fourth-order valence-corrected chi connectivity index (χ4v) is 5.42. The number of hydrogen-bond acceptors (Lipinski definition) is 3. The van der Waals surface area contributed by atoms with E-state index >= 15 is 0 Å². The van der Waals surface area contributed by atoms with Gasteiger partial charge < -0.3 is 9.84 Å². The number of esters is 1. The molecule has 0 bridgehead atoms. The molecule has 24 heavy (non-hydrogen) atoms. The van der Waals surface area contributed by atoms with Gasteiger partial charge in [-0.1, -0.05) is 25.5 Å². The van der Waals surface area contributed by atoms with E-state index in [1.165, 1.54) is 18.2 Å². The third-order valence-electron chi connectivity index (χ3n) is 6.57. The second-order valence-electron chi connectivity index (χ2n) is 8.07. The first-order valence-electron chi connectivity index (χ1n) is 8.84. The minimum absolute atomic E-state index is 0.0952. The van der Waals surface area contributed by atoms with Gasteiger partial charge in [0, 0.05) is 0 Å². The SMILES string of the molecule is C=C(C)c1cc(O)cc2c1CC[C@H]1[C@@](C)(C(=O)OC)CCC[C@]21C. The minimum Gasteiger partial charge on any atom is -0.508 e. The molecule has 1 aromatic carbocycles. The molecule has 130 valence electrons. The summed E-state index contributed by atoms with van der Waals surface area (Å²) in [4.78, 5) is 12.6. The van der Waals surface area contributed by atoms with Crippen molar-refractivity contribution in [1.82, 2.24) is 0 Å². The molecular weight excluding hydrogens is 300 g/mol. The zero-order valence-corrected chi connectivity index (χ0v) is 15.2. The molecule has 3 heteroatoms. The topological polar surface area (TPSA) is 46.5 Å². The Balaban J connectivity index is 2.18. The molecule has 1 N–H and O–H groups in total. The number of hydrogen-bond donors (Lipinski definition) is 1. The molecule has 0 saturated heterocycles. The predicted molar refractivity (Wildman–Crippen MR) is 96.0 cm³/mol. The Morgan fingerprint density at radius 3 is 2.67 bits per heavy atom. The lowest BCUT2D eigenvalue weighted by Gasteiger charge is -2.54. The molecule has 1 aromatic rings. The van der Waals surface area contributed by atoms with Crippen LogP contribution in [0.3, 0.4) is 0 Å². The first-order chi connectivity index (χ1) is 11.2. The zero-order valence-electron chi connectivity index (χ0n) is 15.2. The molecule has 0 aromatic heterocycles. The lowest BCUT2D eigenvalue weighted by Crippen LogP contribution is -2.52. The third kappa shape index (κ3) is 2.28. The van der Waals surface area contributed by atoms with Crippen LogP contribution in [-0.4, -0.2) is 18.2 Å². The smallest absolute Gasteiger partial charge is 0.311 e. The molecule has 3 nitrogen and oxygen atoms in total. The number of phenolic OH excluding ortho intramolecular Hbond substituents is 1. The highest BCUT2D eigenvalue weighted by atomic mass is 16.5. The maximum Gasteiger partial charge on any atom is 0.311 e. The summed E-state index contributed by atoms with van der Waals surface area (Å²) >= 11 is 0. The molecule has 2 aliphatic carbocycles. The normalized spacial score (nSPS) is 31.8. The number of aromatic hydroxyl groups is 1. The van der Waals surface area contributed by atoms with E-state index in [1.807, 2.05) is 19.1 Å². The van der Waals surface area contributed by atoms with E-state index in [-0.39, 0.29) is 17.3 Å². The molecule has 0 radical (unpaired) electrons. The molecule has 0 heterocycles. The molecule has 2 aliphatic rings. The second-order valence-corrected chi connectivity index (χ2v) is 8.07. The number of fused-ring (bicyclic) bond motifs is 3. The number of carbonyl (C=O) groups excluding carboxylic acids is 1. The molecule has 3 rings (SSSR count). The molecule has 0 unspecified atom stereocenters. The van der Waals surface area contributed by atoms with Gasteiger partial charge in [-0.15, -0.1) is 0 Å². The third-order valence-corrected chi connectivity index (χ3v) is 6.57. The first kappa shape index (κ1) is 17.1. The molecule has 0 amide bonds. The van der Waals surface area contributed by atoms with E-state index < -0.39 is 5.41 Å². The summed E-state index contributed by atoms with van der Waals surface area (Å²) < 4.78 is 5.16. The Morgan fingerprint density at radius 1 is 1.33 bits per heavy atom. The van der Waals surface area contributed by atoms with Gasteiger partial charge in [0.2, 0.25) is 0 Å². The maximum absolute atomic E-state index is 12.6. The summed E-state index contributed by atoms with van der Waals surface area (Å²) in [6.07, 6.45) is 4.80. The number of allylic oxidation sites excluding steroid dienone is 1. The Bertz CT molecular complexity index is 705. The van der Waals surface area contributed by atoms with Crippen LogP contribution in [0.2, 0.25) is 0 Å². The van der Waals surface area contributed by atoms with Crippen LogP contribution in [0.25, 0.3) is 5.57 Å². The van der Waals surface area contributed by atoms with Crippen LogP contribution in [0, 0.1) is 11.3 Å². The average molecular weight is 328 g/mol. The average Bonchev–Trinajstić information content (AvgIpc) is 2.53. The molecule has 0 aliphatic heterocycles. The number of carbonyl (C=O) groups is 1. The summed E-state index contributed by atoms with van der Waals surface area (Å²) in [6.45, 7) is 10.4. The lowest BCUT2D eigenvalue weighted by molar-refractivity contribution is -0.161. The highest BCUT2D eigenvalue weighted by Crippen LogP contribution is 2.58. The number of rotatable bonds is 2. The van der Waals surface area contributed by atoms with E-state index in [1.54, 1.807) is 0 Å². The van der Waals surface area contributed by atoms with Gasteiger partial charge in [0.1, 0.15) is 5.75 Å². The van der Waals surface area contributed by atoms with Crippen molar-refractivity contribution in [3.05, 3.63) is 35.4 Å². The Kier molecular flexibility index (Phi) is 4.01. The van der Waals surface area contributed by atoms with E-state index in [2.05, 4.69) is 20.4 Å². The van der Waals surface area contributed by atoms with Crippen molar-refractivity contribution in [3.63, 3.8) is 0 Å². The van der Waals surface area contributed by atoms with Crippen molar-refractivity contribution >= 4 is 11.5 Å². The lowest BCUT2D eigenvalue weighted by atomic mass is 9.49. The highest BCUT2D eigenvalue weighted by molar-refractivity contribution is 5.78. The maximum atomic E-state index is 12.6. The van der Waals surface area contributed by atoms with E-state index in [9.17, 15) is 9.90 Å². The molecule has 3 atom stereocenters. The Labute approximate surface area is 144 Å². The minimum atomic E-state index is -0.450. The Hall–Kier alpha value is -1.77. The fourth-order valence-electron chi connectivity index (χ4n) is 5.42. The highest BCUT2D eigenvalue weighted by Gasteiger charge is 2.55. The monoisotopic (exact) mass is 328 g/mol. The van der Waals surface area contributed by atoms with Crippen LogP contribution < -0.4 is 0 Å². The van der Waals surface area contributed by atoms with E-state index in [0.717, 1.165) is 43.2 Å². The van der Waals surface area contributed by atoms with Crippen LogP contribution in [0.4, 0.5) is 0 Å². The van der Waals surface area contributed by atoms with E-state index in [4.69, 9.17) is 4.74 Å². The number of methoxy groups -OCH3 is 1. The van der Waals surface area contributed by atoms with Gasteiger partial charge in [0.15, 0.2) is 0 Å². The summed E-state index contributed by atoms with van der Waals surface area (Å²) in [5.74, 6) is 0.430. The van der Waals surface area contributed by atoms with Crippen molar-refractivity contribution in [2.24, 2.45) is 11.3 Å². The van der Waals surface area contributed by atoms with Gasteiger partial charge in [-0.05, 0) is 79.7 Å². The van der Waals surface area contributed by atoms with Crippen LogP contribution in [-0.2, 0) is 21.4 Å². The molecule has 1 fully saturated rings. The van der Waals surface area contributed by atoms with Gasteiger partial charge in [-0.2, -0.15) is 0 Å². The second kappa shape index (κ2) is 5.65. The van der Waals surface area contributed by atoms with Crippen molar-refractivity contribution < 1.29 is 14.6 Å². The largest absolute Gasteiger partial charge is 0.508 e. The summed E-state index contributed by atoms with van der Waals surface area (Å²) in [7, 11) is 1.49. The summed E-state index contributed by atoms with van der Waals surface area (Å²) in [6, 6.07) is 3.74. The van der Waals surface area contributed by atoms with Crippen molar-refractivity contribution in [2.75, 3.05) is 7.11 Å². The number of ether oxygens (including phenoxy) is 1. The zero-order chi connectivity index (χ0) is 17.7. The standard InChI is InChI=1S/C21H28O3/c1-13(2)16-11-14(22)12-17-15(16)7-8-18-20(17,3)9-6-10-21(18,4)19(23)24-5/h11-12,18,22H,1,6-10H2,2-5H3/t18-,20-,21+/m1/s1. The van der Waals surface area contributed by atoms with Crippen LogP contribution >= 0.6 is 0 Å². The van der Waals surface area contributed by atoms with Crippen LogP contribution in [0.5, 0.6) is 5.75 Å². The predicted octanol–water partition coefficient (Wildman–Crippen LogP) is 4.61. The van der Waals surface area contributed by atoms with Crippen molar-refractivity contribution in [3.8, 4) is 5.75 Å². The van der Waals surface area contributed by atoms with Crippen LogP contribution in [0.1, 0.15) is 63.1 Å². The van der Waals surface area contributed by atoms with Crippen molar-refractivity contribution in [2.45, 2.75) is 58.3 Å². The first-order valence-corrected chi connectivity index (χ1v) is 8.84. The Morgan fingerprint density at radius 2 is 2.04 bits per heavy atom. The summed E-state index contributed by atoms with van der Waals surface area (Å²) in [5, 5.41) is 10.3. The van der Waals surface area contributed by atoms with Gasteiger partial charge in [-0.25, -0.2) is 0 Å². The van der Waals surface area contributed by atoms with Gasteiger partial charge in [0.25, 0.3) is 0 Å². The molecular formula is C21H28O3.